The van der Waals surface area contributed by atoms with Crippen molar-refractivity contribution in [2.24, 2.45) is 0 Å². The normalized spacial score (nSPS) is 20.2. The molecule has 1 aliphatic rings. The Bertz CT molecular complexity index is 756. The zero-order valence-electron chi connectivity index (χ0n) is 15.2. The van der Waals surface area contributed by atoms with E-state index >= 15 is 0 Å². The van der Waals surface area contributed by atoms with Crippen molar-refractivity contribution in [2.75, 3.05) is 13.2 Å². The van der Waals surface area contributed by atoms with Gasteiger partial charge in [0.15, 0.2) is 0 Å². The number of nitrogens with zero attached hydrogens (tertiary/aromatic N) is 1. The summed E-state index contributed by atoms with van der Waals surface area (Å²) in [5.74, 6) is -3.13. The van der Waals surface area contributed by atoms with Gasteiger partial charge in [-0.2, -0.15) is 8.42 Å². The maximum atomic E-state index is 13.8. The first kappa shape index (κ1) is 20.6. The lowest BCUT2D eigenvalue weighted by atomic mass is 10.2. The van der Waals surface area contributed by atoms with Crippen LogP contribution in [0.3, 0.4) is 0 Å². The second kappa shape index (κ2) is 7.11. The predicted molar refractivity (Wildman–Crippen MR) is 90.6 cm³/mol. The van der Waals surface area contributed by atoms with Gasteiger partial charge in [0.05, 0.1) is 24.1 Å². The fourth-order valence-corrected chi connectivity index (χ4v) is 3.46. The molecule has 0 N–H and O–H groups in total. The van der Waals surface area contributed by atoms with Gasteiger partial charge in [-0.15, -0.1) is 0 Å². The summed E-state index contributed by atoms with van der Waals surface area (Å²) in [6.07, 6.45) is -1.61. The van der Waals surface area contributed by atoms with Gasteiger partial charge in [0.2, 0.25) is 0 Å². The second-order valence-corrected chi connectivity index (χ2v) is 8.99. The molecule has 0 unspecified atom stereocenters. The fraction of sp³-hybridized carbons (Fsp3) is 0.588. The Morgan fingerprint density at radius 1 is 1.27 bits per heavy atom. The number of carbonyl (C=O) groups is 1. The maximum Gasteiger partial charge on any atom is 0.410 e. The Hall–Kier alpha value is -1.74. The molecule has 1 aliphatic heterocycles. The van der Waals surface area contributed by atoms with E-state index in [0.717, 1.165) is 10.5 Å². The molecule has 1 atom stereocenters. The number of likely N-dealkylation sites (tertiary alicyclic amines) is 1. The number of amides is 1. The Balaban J connectivity index is 2.10. The average Bonchev–Trinajstić information content (AvgIpc) is 2.79. The van der Waals surface area contributed by atoms with Crippen LogP contribution in [0.5, 0.6) is 0 Å². The van der Waals surface area contributed by atoms with Crippen LogP contribution in [0.2, 0.25) is 0 Å². The minimum atomic E-state index is -4.11. The highest BCUT2D eigenvalue weighted by atomic mass is 32.2. The summed E-state index contributed by atoms with van der Waals surface area (Å²) in [5, 5.41) is 0. The number of halogens is 2. The molecule has 0 saturated carbocycles. The number of aryl methyl sites for hydroxylation is 1. The van der Waals surface area contributed by atoms with Crippen LogP contribution in [0.25, 0.3) is 0 Å². The number of carbonyl (C=O) groups excluding carboxylic acids is 1. The average molecular weight is 391 g/mol. The molecule has 6 nitrogen and oxygen atoms in total. The van der Waals surface area contributed by atoms with Crippen molar-refractivity contribution in [3.8, 4) is 0 Å². The van der Waals surface area contributed by atoms with Crippen molar-refractivity contribution in [3.63, 3.8) is 0 Å². The highest BCUT2D eigenvalue weighted by molar-refractivity contribution is 7.86. The summed E-state index contributed by atoms with van der Waals surface area (Å²) in [7, 11) is -4.11. The number of alkyl halides is 2. The third-order valence-electron chi connectivity index (χ3n) is 3.73. The minimum Gasteiger partial charge on any atom is -0.444 e. The van der Waals surface area contributed by atoms with Gasteiger partial charge >= 0.3 is 6.09 Å². The van der Waals surface area contributed by atoms with E-state index in [4.69, 9.17) is 8.92 Å². The van der Waals surface area contributed by atoms with Crippen molar-refractivity contribution in [1.29, 1.82) is 0 Å². The van der Waals surface area contributed by atoms with Gasteiger partial charge in [-0.05, 0) is 39.8 Å². The van der Waals surface area contributed by atoms with Gasteiger partial charge in [0, 0.05) is 6.42 Å². The Kier molecular flexibility index (Phi) is 5.63. The summed E-state index contributed by atoms with van der Waals surface area (Å²) in [4.78, 5) is 12.9. The molecule has 1 saturated heterocycles. The van der Waals surface area contributed by atoms with E-state index < -0.39 is 53.3 Å². The zero-order valence-corrected chi connectivity index (χ0v) is 16.0. The first-order chi connectivity index (χ1) is 11.8. The van der Waals surface area contributed by atoms with E-state index in [0.29, 0.717) is 0 Å². The molecule has 1 aromatic carbocycles. The molecule has 1 fully saturated rings. The molecule has 26 heavy (non-hydrogen) atoms. The maximum absolute atomic E-state index is 13.8. The summed E-state index contributed by atoms with van der Waals surface area (Å²) in [6, 6.07) is 4.86. The van der Waals surface area contributed by atoms with E-state index in [1.807, 2.05) is 0 Å². The van der Waals surface area contributed by atoms with Crippen LogP contribution in [-0.2, 0) is 19.0 Å². The summed E-state index contributed by atoms with van der Waals surface area (Å²) >= 11 is 0. The molecule has 0 aromatic heterocycles. The number of hydrogen-bond acceptors (Lipinski definition) is 5. The molecule has 1 heterocycles. The molecule has 0 radical (unpaired) electrons. The standard InChI is InChI=1S/C17H23F2NO5S/c1-12-5-7-14(8-6-12)26(22,23)24-10-13-9-17(18,19)11-20(13)15(21)25-16(2,3)4/h5-8,13H,9-11H2,1-4H3/t13-/m0/s1. The van der Waals surface area contributed by atoms with E-state index in [-0.39, 0.29) is 4.90 Å². The van der Waals surface area contributed by atoms with Gasteiger partial charge in [-0.25, -0.2) is 13.6 Å². The summed E-state index contributed by atoms with van der Waals surface area (Å²) < 4.78 is 62.0. The lowest BCUT2D eigenvalue weighted by Gasteiger charge is -2.27. The van der Waals surface area contributed by atoms with Crippen molar-refractivity contribution in [1.82, 2.24) is 4.90 Å². The molecule has 146 valence electrons. The highest BCUT2D eigenvalue weighted by Crippen LogP contribution is 2.33. The van der Waals surface area contributed by atoms with Crippen LogP contribution < -0.4 is 0 Å². The number of rotatable bonds is 4. The first-order valence-electron chi connectivity index (χ1n) is 8.13. The lowest BCUT2D eigenvalue weighted by molar-refractivity contribution is -0.00272. The van der Waals surface area contributed by atoms with Gasteiger partial charge in [-0.1, -0.05) is 17.7 Å². The van der Waals surface area contributed by atoms with Crippen LogP contribution in [0.15, 0.2) is 29.2 Å². The zero-order chi connectivity index (χ0) is 19.8. The van der Waals surface area contributed by atoms with Crippen molar-refractivity contribution >= 4 is 16.2 Å². The number of hydrogen-bond donors (Lipinski definition) is 0. The Morgan fingerprint density at radius 3 is 2.38 bits per heavy atom. The van der Waals surface area contributed by atoms with Crippen LogP contribution >= 0.6 is 0 Å². The Morgan fingerprint density at radius 2 is 1.85 bits per heavy atom. The smallest absolute Gasteiger partial charge is 0.410 e. The molecule has 1 aromatic rings. The molecule has 2 rings (SSSR count). The Labute approximate surface area is 152 Å². The highest BCUT2D eigenvalue weighted by Gasteiger charge is 2.48. The van der Waals surface area contributed by atoms with Crippen LogP contribution in [0, 0.1) is 6.92 Å². The summed E-state index contributed by atoms with van der Waals surface area (Å²) in [6.45, 7) is 5.26. The SMILES string of the molecule is Cc1ccc(S(=O)(=O)OC[C@@H]2CC(F)(F)CN2C(=O)OC(C)(C)C)cc1. The van der Waals surface area contributed by atoms with Crippen molar-refractivity contribution < 1.29 is 30.9 Å². The van der Waals surface area contributed by atoms with Crippen molar-refractivity contribution in [2.45, 2.75) is 56.6 Å². The van der Waals surface area contributed by atoms with Gasteiger partial charge < -0.3 is 4.74 Å². The van der Waals surface area contributed by atoms with Crippen LogP contribution in [-0.4, -0.2) is 50.1 Å². The molecule has 0 aliphatic carbocycles. The quantitative estimate of drug-likeness (QED) is 0.736. The minimum absolute atomic E-state index is 0.0725. The summed E-state index contributed by atoms with van der Waals surface area (Å²) in [5.41, 5.74) is 0.0180. The van der Waals surface area contributed by atoms with E-state index in [1.54, 1.807) is 39.8 Å². The van der Waals surface area contributed by atoms with Gasteiger partial charge in [0.25, 0.3) is 16.0 Å². The first-order valence-corrected chi connectivity index (χ1v) is 9.53. The molecule has 0 bridgehead atoms. The van der Waals surface area contributed by atoms with E-state index in [1.165, 1.54) is 12.1 Å². The molecular formula is C17H23F2NO5S. The second-order valence-electron chi connectivity index (χ2n) is 7.37. The third-order valence-corrected chi connectivity index (χ3v) is 5.03. The van der Waals surface area contributed by atoms with Crippen LogP contribution in [0.1, 0.15) is 32.8 Å². The van der Waals surface area contributed by atoms with Gasteiger partial charge in [0.1, 0.15) is 5.60 Å². The number of ether oxygens (including phenoxy) is 1. The van der Waals surface area contributed by atoms with Crippen molar-refractivity contribution in [3.05, 3.63) is 29.8 Å². The molecule has 1 amide bonds. The third kappa shape index (κ3) is 5.38. The van der Waals surface area contributed by atoms with E-state index in [2.05, 4.69) is 0 Å². The molecule has 9 heteroatoms. The largest absolute Gasteiger partial charge is 0.444 e. The van der Waals surface area contributed by atoms with E-state index in [9.17, 15) is 22.0 Å². The predicted octanol–water partition coefficient (Wildman–Crippen LogP) is 3.35. The monoisotopic (exact) mass is 391 g/mol. The van der Waals surface area contributed by atoms with Crippen LogP contribution in [0.4, 0.5) is 13.6 Å². The fourth-order valence-electron chi connectivity index (χ4n) is 2.52. The molecular weight excluding hydrogens is 368 g/mol. The molecule has 0 spiro atoms. The number of benzene rings is 1. The lowest BCUT2D eigenvalue weighted by Crippen LogP contribution is -2.42. The topological polar surface area (TPSA) is 72.9 Å². The van der Waals surface area contributed by atoms with Gasteiger partial charge in [-0.3, -0.25) is 9.08 Å².